The number of ether oxygens (including phenoxy) is 1. The second-order valence-corrected chi connectivity index (χ2v) is 4.98. The highest BCUT2D eigenvalue weighted by molar-refractivity contribution is 7.80. The Balaban J connectivity index is 2.30. The summed E-state index contributed by atoms with van der Waals surface area (Å²) in [6.45, 7) is 1.84. The van der Waals surface area contributed by atoms with Crippen LogP contribution in [-0.2, 0) is 0 Å². The van der Waals surface area contributed by atoms with E-state index < -0.39 is 0 Å². The van der Waals surface area contributed by atoms with Crippen LogP contribution in [0.25, 0.3) is 0 Å². The second kappa shape index (κ2) is 5.83. The van der Waals surface area contributed by atoms with Crippen molar-refractivity contribution in [2.75, 3.05) is 19.0 Å². The molecule has 0 saturated carbocycles. The second-order valence-electron chi connectivity index (χ2n) is 4.54. The molecule has 1 aromatic carbocycles. The Hall–Kier alpha value is -2.21. The molecule has 1 aromatic heterocycles. The minimum atomic E-state index is 0.224. The number of hydrogen-bond donors (Lipinski definition) is 1. The first kappa shape index (κ1) is 14.2. The van der Waals surface area contributed by atoms with Crippen LogP contribution < -0.4 is 15.4 Å². The highest BCUT2D eigenvalue weighted by atomic mass is 32.1. The van der Waals surface area contributed by atoms with Crippen molar-refractivity contribution in [3.63, 3.8) is 0 Å². The Morgan fingerprint density at radius 3 is 2.65 bits per heavy atom. The van der Waals surface area contributed by atoms with Crippen LogP contribution in [0, 0.1) is 6.92 Å². The van der Waals surface area contributed by atoms with Gasteiger partial charge in [-0.15, -0.1) is 0 Å². The van der Waals surface area contributed by atoms with Gasteiger partial charge in [0.15, 0.2) is 0 Å². The third kappa shape index (κ3) is 3.42. The van der Waals surface area contributed by atoms with E-state index in [0.717, 1.165) is 11.4 Å². The van der Waals surface area contributed by atoms with Crippen LogP contribution in [0.15, 0.2) is 30.3 Å². The molecule has 20 heavy (non-hydrogen) atoms. The molecule has 0 aliphatic heterocycles. The molecule has 1 heterocycles. The monoisotopic (exact) mass is 288 g/mol. The lowest BCUT2D eigenvalue weighted by Gasteiger charge is -2.13. The average Bonchev–Trinajstić information content (AvgIpc) is 2.38. The molecule has 0 atom stereocenters. The zero-order chi connectivity index (χ0) is 14.7. The molecule has 2 aromatic rings. The van der Waals surface area contributed by atoms with E-state index in [1.807, 2.05) is 50.2 Å². The van der Waals surface area contributed by atoms with Gasteiger partial charge < -0.3 is 15.4 Å². The SMILES string of the molecule is Cc1cc(C(N)=S)nc(Oc2cccc(N(C)C)c2)n1. The molecule has 2 rings (SSSR count). The maximum absolute atomic E-state index is 5.68. The Morgan fingerprint density at radius 1 is 1.25 bits per heavy atom. The standard InChI is InChI=1S/C14H16N4OS/c1-9-7-12(13(15)20)17-14(16-9)19-11-6-4-5-10(8-11)18(2)3/h4-8H,1-3H3,(H2,15,20). The molecule has 0 fully saturated rings. The first-order valence-electron chi connectivity index (χ1n) is 6.06. The van der Waals surface area contributed by atoms with Gasteiger partial charge in [-0.1, -0.05) is 18.3 Å². The predicted octanol–water partition coefficient (Wildman–Crippen LogP) is 2.28. The van der Waals surface area contributed by atoms with Gasteiger partial charge >= 0.3 is 6.01 Å². The molecule has 0 spiro atoms. The van der Waals surface area contributed by atoms with Crippen molar-refractivity contribution in [1.82, 2.24) is 9.97 Å². The third-order valence-electron chi connectivity index (χ3n) is 2.63. The molecule has 0 amide bonds. The lowest BCUT2D eigenvalue weighted by molar-refractivity contribution is 0.440. The van der Waals surface area contributed by atoms with Crippen LogP contribution in [0.5, 0.6) is 11.8 Å². The molecule has 104 valence electrons. The number of nitrogens with zero attached hydrogens (tertiary/aromatic N) is 3. The third-order valence-corrected chi connectivity index (χ3v) is 2.84. The average molecular weight is 288 g/mol. The topological polar surface area (TPSA) is 64.3 Å². The van der Waals surface area contributed by atoms with Gasteiger partial charge in [0.25, 0.3) is 0 Å². The number of nitrogens with two attached hydrogens (primary N) is 1. The first-order chi connectivity index (χ1) is 9.45. The van der Waals surface area contributed by atoms with E-state index >= 15 is 0 Å². The number of anilines is 1. The summed E-state index contributed by atoms with van der Waals surface area (Å²) in [5.74, 6) is 0.663. The van der Waals surface area contributed by atoms with E-state index in [1.54, 1.807) is 6.07 Å². The minimum absolute atomic E-state index is 0.224. The molecule has 0 saturated heterocycles. The van der Waals surface area contributed by atoms with Crippen molar-refractivity contribution in [2.24, 2.45) is 5.73 Å². The summed E-state index contributed by atoms with van der Waals surface area (Å²) in [5.41, 5.74) is 7.88. The fourth-order valence-corrected chi connectivity index (χ4v) is 1.75. The molecular weight excluding hydrogens is 272 g/mol. The summed E-state index contributed by atoms with van der Waals surface area (Å²) >= 11 is 4.93. The summed E-state index contributed by atoms with van der Waals surface area (Å²) in [6, 6.07) is 9.62. The fraction of sp³-hybridized carbons (Fsp3) is 0.214. The predicted molar refractivity (Wildman–Crippen MR) is 83.5 cm³/mol. The van der Waals surface area contributed by atoms with Gasteiger partial charge in [0, 0.05) is 31.5 Å². The van der Waals surface area contributed by atoms with Crippen LogP contribution in [-0.4, -0.2) is 29.1 Å². The summed E-state index contributed by atoms with van der Waals surface area (Å²) < 4.78 is 5.68. The number of benzene rings is 1. The van der Waals surface area contributed by atoms with Crippen LogP contribution in [0.3, 0.4) is 0 Å². The Morgan fingerprint density at radius 2 is 2.00 bits per heavy atom. The molecule has 2 N–H and O–H groups in total. The van der Waals surface area contributed by atoms with Gasteiger partial charge in [-0.05, 0) is 25.1 Å². The lowest BCUT2D eigenvalue weighted by atomic mass is 10.3. The maximum atomic E-state index is 5.68. The highest BCUT2D eigenvalue weighted by Gasteiger charge is 2.07. The van der Waals surface area contributed by atoms with Crippen LogP contribution in [0.2, 0.25) is 0 Å². The van der Waals surface area contributed by atoms with Crippen LogP contribution in [0.4, 0.5) is 5.69 Å². The van der Waals surface area contributed by atoms with Crippen molar-refractivity contribution in [3.8, 4) is 11.8 Å². The number of hydrogen-bond acceptors (Lipinski definition) is 5. The number of rotatable bonds is 4. The van der Waals surface area contributed by atoms with E-state index in [9.17, 15) is 0 Å². The van der Waals surface area contributed by atoms with Gasteiger partial charge in [-0.25, -0.2) is 4.98 Å². The molecule has 0 aliphatic rings. The summed E-state index contributed by atoms with van der Waals surface area (Å²) in [6.07, 6.45) is 0. The van der Waals surface area contributed by atoms with Crippen molar-refractivity contribution in [2.45, 2.75) is 6.92 Å². The molecule has 0 unspecified atom stereocenters. The smallest absolute Gasteiger partial charge is 0.322 e. The molecule has 0 aliphatic carbocycles. The van der Waals surface area contributed by atoms with Gasteiger partial charge in [0.05, 0.1) is 0 Å². The minimum Gasteiger partial charge on any atom is -0.424 e. The fourth-order valence-electron chi connectivity index (χ4n) is 1.64. The van der Waals surface area contributed by atoms with E-state index in [2.05, 4.69) is 9.97 Å². The van der Waals surface area contributed by atoms with Gasteiger partial charge in [0.1, 0.15) is 16.4 Å². The Kier molecular flexibility index (Phi) is 4.14. The maximum Gasteiger partial charge on any atom is 0.322 e. The molecule has 6 heteroatoms. The first-order valence-corrected chi connectivity index (χ1v) is 6.47. The number of aryl methyl sites for hydroxylation is 1. The van der Waals surface area contributed by atoms with E-state index in [-0.39, 0.29) is 11.0 Å². The normalized spacial score (nSPS) is 10.2. The van der Waals surface area contributed by atoms with Gasteiger partial charge in [0.2, 0.25) is 0 Å². The van der Waals surface area contributed by atoms with Crippen molar-refractivity contribution >= 4 is 22.9 Å². The van der Waals surface area contributed by atoms with Gasteiger partial charge in [-0.2, -0.15) is 4.98 Å². The van der Waals surface area contributed by atoms with Crippen molar-refractivity contribution in [3.05, 3.63) is 41.7 Å². The van der Waals surface area contributed by atoms with Gasteiger partial charge in [-0.3, -0.25) is 0 Å². The Labute approximate surface area is 123 Å². The molecule has 5 nitrogen and oxygen atoms in total. The van der Waals surface area contributed by atoms with Crippen molar-refractivity contribution < 1.29 is 4.74 Å². The lowest BCUT2D eigenvalue weighted by Crippen LogP contribution is -2.13. The quantitative estimate of drug-likeness (QED) is 0.871. The van der Waals surface area contributed by atoms with Crippen molar-refractivity contribution in [1.29, 1.82) is 0 Å². The van der Waals surface area contributed by atoms with Crippen LogP contribution in [0.1, 0.15) is 11.4 Å². The molecule has 0 radical (unpaired) electrons. The number of aromatic nitrogens is 2. The Bertz CT molecular complexity index is 643. The summed E-state index contributed by atoms with van der Waals surface area (Å²) in [4.78, 5) is 10.6. The van der Waals surface area contributed by atoms with E-state index in [4.69, 9.17) is 22.7 Å². The van der Waals surface area contributed by atoms with Crippen LogP contribution >= 0.6 is 12.2 Å². The van der Waals surface area contributed by atoms with E-state index in [0.29, 0.717) is 11.4 Å². The number of thiocarbonyl (C=S) groups is 1. The molecule has 0 bridgehead atoms. The largest absolute Gasteiger partial charge is 0.424 e. The van der Waals surface area contributed by atoms with E-state index in [1.165, 1.54) is 0 Å². The molecular formula is C14H16N4OS. The highest BCUT2D eigenvalue weighted by Crippen LogP contribution is 2.23. The zero-order valence-electron chi connectivity index (χ0n) is 11.6. The zero-order valence-corrected chi connectivity index (χ0v) is 12.4. The summed E-state index contributed by atoms with van der Waals surface area (Å²) in [7, 11) is 3.93. The summed E-state index contributed by atoms with van der Waals surface area (Å²) in [5, 5.41) is 0.